The predicted molar refractivity (Wildman–Crippen MR) is 83.3 cm³/mol. The van der Waals surface area contributed by atoms with Gasteiger partial charge in [-0.2, -0.15) is 0 Å². The number of pyridine rings is 1. The van der Waals surface area contributed by atoms with Gasteiger partial charge in [-0.25, -0.2) is 4.98 Å². The highest BCUT2D eigenvalue weighted by Gasteiger charge is 2.09. The third kappa shape index (κ3) is 3.25. The molecule has 0 spiro atoms. The third-order valence-corrected chi connectivity index (χ3v) is 3.32. The minimum Gasteiger partial charge on any atom is -0.493 e. The van der Waals surface area contributed by atoms with Gasteiger partial charge in [0.1, 0.15) is 5.82 Å². The average molecular weight is 295 g/mol. The molecule has 1 aromatic heterocycles. The molecule has 0 saturated heterocycles. The molecule has 0 saturated carbocycles. The maximum atomic E-state index is 5.95. The number of fused-ring (bicyclic) bond motifs is 1. The summed E-state index contributed by atoms with van der Waals surface area (Å²) in [5, 5.41) is 5.52. The number of alkyl halides is 1. The van der Waals surface area contributed by atoms with E-state index in [1.165, 1.54) is 0 Å². The molecule has 1 unspecified atom stereocenters. The number of rotatable bonds is 6. The average Bonchev–Trinajstić information content (AvgIpc) is 2.45. The largest absolute Gasteiger partial charge is 0.493 e. The van der Waals surface area contributed by atoms with Crippen molar-refractivity contribution >= 4 is 28.2 Å². The van der Waals surface area contributed by atoms with E-state index in [2.05, 4.69) is 10.3 Å². The van der Waals surface area contributed by atoms with Crippen LogP contribution >= 0.6 is 11.6 Å². The summed E-state index contributed by atoms with van der Waals surface area (Å²) in [7, 11) is 3.26. The van der Waals surface area contributed by atoms with Crippen LogP contribution in [0.25, 0.3) is 10.8 Å². The van der Waals surface area contributed by atoms with Crippen molar-refractivity contribution in [3.8, 4) is 11.5 Å². The Morgan fingerprint density at radius 3 is 2.60 bits per heavy atom. The van der Waals surface area contributed by atoms with Gasteiger partial charge in [-0.3, -0.25) is 0 Å². The smallest absolute Gasteiger partial charge is 0.161 e. The van der Waals surface area contributed by atoms with Gasteiger partial charge in [0.25, 0.3) is 0 Å². The maximum absolute atomic E-state index is 5.95. The molecule has 2 rings (SSSR count). The molecule has 2 aromatic rings. The van der Waals surface area contributed by atoms with E-state index in [1.807, 2.05) is 25.1 Å². The van der Waals surface area contributed by atoms with Crippen molar-refractivity contribution in [1.82, 2.24) is 4.98 Å². The summed E-state index contributed by atoms with van der Waals surface area (Å²) in [4.78, 5) is 4.38. The minimum absolute atomic E-state index is 0.145. The summed E-state index contributed by atoms with van der Waals surface area (Å²) >= 11 is 5.95. The molecule has 4 nitrogen and oxygen atoms in total. The first kappa shape index (κ1) is 14.7. The van der Waals surface area contributed by atoms with Gasteiger partial charge in [0.2, 0.25) is 0 Å². The molecule has 0 fully saturated rings. The molecule has 1 heterocycles. The first-order valence-electron chi connectivity index (χ1n) is 6.54. The number of halogens is 1. The number of benzene rings is 1. The number of nitrogens with zero attached hydrogens (tertiary/aromatic N) is 1. The summed E-state index contributed by atoms with van der Waals surface area (Å²) in [5.41, 5.74) is 0. The van der Waals surface area contributed by atoms with E-state index in [-0.39, 0.29) is 5.38 Å². The van der Waals surface area contributed by atoms with Gasteiger partial charge in [0.05, 0.1) is 14.2 Å². The fourth-order valence-corrected chi connectivity index (χ4v) is 2.14. The summed E-state index contributed by atoms with van der Waals surface area (Å²) in [6.07, 6.45) is 2.66. The molecular formula is C15H19ClN2O2. The molecule has 20 heavy (non-hydrogen) atoms. The van der Waals surface area contributed by atoms with Crippen molar-refractivity contribution in [1.29, 1.82) is 0 Å². The second kappa shape index (κ2) is 6.66. The van der Waals surface area contributed by atoms with Crippen LogP contribution in [0.5, 0.6) is 11.5 Å². The van der Waals surface area contributed by atoms with Crippen molar-refractivity contribution in [3.63, 3.8) is 0 Å². The van der Waals surface area contributed by atoms with E-state index in [0.29, 0.717) is 11.5 Å². The Balaban J connectivity index is 2.35. The molecule has 5 heteroatoms. The zero-order valence-electron chi connectivity index (χ0n) is 11.9. The quantitative estimate of drug-likeness (QED) is 0.825. The zero-order chi connectivity index (χ0) is 14.5. The van der Waals surface area contributed by atoms with Crippen molar-refractivity contribution in [3.05, 3.63) is 24.4 Å². The first-order chi connectivity index (χ1) is 9.65. The van der Waals surface area contributed by atoms with Crippen LogP contribution in [-0.2, 0) is 0 Å². The number of anilines is 1. The standard InChI is InChI=1S/C15H19ClN2O2/c1-10(16)4-6-17-15-12-9-14(20-3)13(19-2)8-11(12)5-7-18-15/h5,7-10H,4,6H2,1-3H3,(H,17,18). The van der Waals surface area contributed by atoms with Crippen LogP contribution in [-0.4, -0.2) is 31.1 Å². The maximum Gasteiger partial charge on any atom is 0.161 e. The molecule has 1 N–H and O–H groups in total. The SMILES string of the molecule is COc1cc2ccnc(NCCC(C)Cl)c2cc1OC. The van der Waals surface area contributed by atoms with Gasteiger partial charge < -0.3 is 14.8 Å². The number of ether oxygens (including phenoxy) is 2. The number of hydrogen-bond acceptors (Lipinski definition) is 4. The van der Waals surface area contributed by atoms with Crippen molar-refractivity contribution in [2.24, 2.45) is 0 Å². The van der Waals surface area contributed by atoms with E-state index >= 15 is 0 Å². The summed E-state index contributed by atoms with van der Waals surface area (Å²) in [6, 6.07) is 5.84. The highest BCUT2D eigenvalue weighted by atomic mass is 35.5. The van der Waals surface area contributed by atoms with E-state index < -0.39 is 0 Å². The highest BCUT2D eigenvalue weighted by molar-refractivity contribution is 6.20. The van der Waals surface area contributed by atoms with Gasteiger partial charge in [-0.15, -0.1) is 11.6 Å². The normalized spacial score (nSPS) is 12.2. The predicted octanol–water partition coefficient (Wildman–Crippen LogP) is 3.68. The van der Waals surface area contributed by atoms with Gasteiger partial charge in [0, 0.05) is 23.5 Å². The van der Waals surface area contributed by atoms with Gasteiger partial charge in [-0.1, -0.05) is 0 Å². The fraction of sp³-hybridized carbons (Fsp3) is 0.400. The van der Waals surface area contributed by atoms with Gasteiger partial charge in [0.15, 0.2) is 11.5 Å². The number of hydrogen-bond donors (Lipinski definition) is 1. The molecule has 1 atom stereocenters. The van der Waals surface area contributed by atoms with Crippen LogP contribution in [0.1, 0.15) is 13.3 Å². The Labute approximate surface area is 124 Å². The summed E-state index contributed by atoms with van der Waals surface area (Å²) in [5.74, 6) is 2.24. The molecule has 0 aliphatic heterocycles. The lowest BCUT2D eigenvalue weighted by Crippen LogP contribution is -2.07. The van der Waals surface area contributed by atoms with Crippen LogP contribution in [0, 0.1) is 0 Å². The number of nitrogens with one attached hydrogen (secondary N) is 1. The Morgan fingerprint density at radius 2 is 1.95 bits per heavy atom. The van der Waals surface area contributed by atoms with Crippen LogP contribution in [0.4, 0.5) is 5.82 Å². The minimum atomic E-state index is 0.145. The molecule has 0 aliphatic rings. The molecular weight excluding hydrogens is 276 g/mol. The van der Waals surface area contributed by atoms with E-state index in [1.54, 1.807) is 20.4 Å². The summed E-state index contributed by atoms with van der Waals surface area (Å²) < 4.78 is 10.7. The molecule has 0 amide bonds. The molecule has 0 bridgehead atoms. The monoisotopic (exact) mass is 294 g/mol. The van der Waals surface area contributed by atoms with Crippen LogP contribution < -0.4 is 14.8 Å². The van der Waals surface area contributed by atoms with Crippen molar-refractivity contribution in [2.45, 2.75) is 18.7 Å². The second-order valence-electron chi connectivity index (χ2n) is 4.58. The topological polar surface area (TPSA) is 43.4 Å². The Hall–Kier alpha value is -1.68. The van der Waals surface area contributed by atoms with Crippen molar-refractivity contribution in [2.75, 3.05) is 26.1 Å². The van der Waals surface area contributed by atoms with Gasteiger partial charge in [-0.05, 0) is 36.9 Å². The van der Waals surface area contributed by atoms with Crippen molar-refractivity contribution < 1.29 is 9.47 Å². The fourth-order valence-electron chi connectivity index (χ4n) is 2.03. The third-order valence-electron chi connectivity index (χ3n) is 3.10. The van der Waals surface area contributed by atoms with Gasteiger partial charge >= 0.3 is 0 Å². The second-order valence-corrected chi connectivity index (χ2v) is 5.33. The van der Waals surface area contributed by atoms with Crippen LogP contribution in [0.3, 0.4) is 0 Å². The molecule has 1 aromatic carbocycles. The van der Waals surface area contributed by atoms with Crippen LogP contribution in [0.2, 0.25) is 0 Å². The first-order valence-corrected chi connectivity index (χ1v) is 6.98. The van der Waals surface area contributed by atoms with E-state index in [9.17, 15) is 0 Å². The van der Waals surface area contributed by atoms with E-state index in [0.717, 1.165) is 29.6 Å². The summed E-state index contributed by atoms with van der Waals surface area (Å²) in [6.45, 7) is 2.76. The molecule has 0 aliphatic carbocycles. The zero-order valence-corrected chi connectivity index (χ0v) is 12.7. The lowest BCUT2D eigenvalue weighted by molar-refractivity contribution is 0.356. The lowest BCUT2D eigenvalue weighted by atomic mass is 10.1. The lowest BCUT2D eigenvalue weighted by Gasteiger charge is -2.13. The Bertz CT molecular complexity index is 587. The molecule has 0 radical (unpaired) electrons. The van der Waals surface area contributed by atoms with Crippen LogP contribution in [0.15, 0.2) is 24.4 Å². The van der Waals surface area contributed by atoms with E-state index in [4.69, 9.17) is 21.1 Å². The Kier molecular flexibility index (Phi) is 4.90. The molecule has 108 valence electrons. The Morgan fingerprint density at radius 1 is 1.25 bits per heavy atom. The number of aromatic nitrogens is 1. The number of methoxy groups -OCH3 is 2. The highest BCUT2D eigenvalue weighted by Crippen LogP contribution is 2.34.